The Morgan fingerprint density at radius 1 is 0.436 bits per heavy atom. The summed E-state index contributed by atoms with van der Waals surface area (Å²) < 4.78 is 5.97. The molecule has 0 aliphatic heterocycles. The number of fused-ring (bicyclic) bond motifs is 2. The fourth-order valence-corrected chi connectivity index (χ4v) is 5.22. The van der Waals surface area contributed by atoms with E-state index in [-0.39, 0.29) is 0 Å². The molecule has 0 saturated carbocycles. The molecule has 0 atom stereocenters. The summed E-state index contributed by atoms with van der Waals surface area (Å²) in [5.41, 5.74) is 5.63. The van der Waals surface area contributed by atoms with Gasteiger partial charge >= 0.3 is 13.8 Å². The molecule has 3 nitrogen and oxygen atoms in total. The van der Waals surface area contributed by atoms with Gasteiger partial charge in [0.25, 0.3) is 0 Å². The van der Waals surface area contributed by atoms with E-state index < -0.39 is 13.8 Å². The molecule has 5 heteroatoms. The van der Waals surface area contributed by atoms with Gasteiger partial charge in [-0.1, -0.05) is 133 Å². The standard InChI is InChI=1S/C34H28B2O3/c37-35(33-13-5-9-27-7-1-3-11-31(27)33)29-19-15-25(16-20-29)23-39-24-26-17-21-30(22-18-26)36(38)34-14-6-10-28-8-2-4-12-32(28)34/h1-22,37-38H,23-24H2. The largest absolute Gasteiger partial charge is 0.443 e. The Balaban J connectivity index is 1.07. The third-order valence-electron chi connectivity index (χ3n) is 7.36. The zero-order valence-electron chi connectivity index (χ0n) is 21.6. The maximum Gasteiger partial charge on any atom is 0.359 e. The lowest BCUT2D eigenvalue weighted by atomic mass is 9.55. The SMILES string of the molecule is OB(c1ccc(COCc2ccc(B(O)c3cccc4ccccc34)cc2)cc1)c1cccc2ccccc12. The van der Waals surface area contributed by atoms with Crippen LogP contribution in [0.25, 0.3) is 21.5 Å². The highest BCUT2D eigenvalue weighted by molar-refractivity contribution is 6.81. The second-order valence-electron chi connectivity index (χ2n) is 9.92. The molecule has 0 aromatic heterocycles. The first kappa shape index (κ1) is 25.1. The Morgan fingerprint density at radius 3 is 1.26 bits per heavy atom. The number of ether oxygens (including phenoxy) is 1. The molecule has 6 aromatic rings. The molecule has 0 spiro atoms. The van der Waals surface area contributed by atoms with Gasteiger partial charge in [-0.25, -0.2) is 0 Å². The van der Waals surface area contributed by atoms with E-state index in [9.17, 15) is 10.0 Å². The van der Waals surface area contributed by atoms with Crippen molar-refractivity contribution in [1.29, 1.82) is 0 Å². The lowest BCUT2D eigenvalue weighted by Crippen LogP contribution is -2.42. The van der Waals surface area contributed by atoms with Crippen LogP contribution in [0, 0.1) is 0 Å². The molecule has 0 amide bonds. The smallest absolute Gasteiger partial charge is 0.359 e. The Morgan fingerprint density at radius 2 is 0.821 bits per heavy atom. The molecular weight excluding hydrogens is 478 g/mol. The van der Waals surface area contributed by atoms with Crippen molar-refractivity contribution < 1.29 is 14.8 Å². The van der Waals surface area contributed by atoms with Gasteiger partial charge in [0.2, 0.25) is 0 Å². The molecule has 6 rings (SSSR count). The van der Waals surface area contributed by atoms with Crippen LogP contribution in [0.15, 0.2) is 133 Å². The van der Waals surface area contributed by atoms with Gasteiger partial charge in [0.1, 0.15) is 0 Å². The van der Waals surface area contributed by atoms with E-state index in [1.54, 1.807) is 0 Å². The topological polar surface area (TPSA) is 49.7 Å². The molecule has 39 heavy (non-hydrogen) atoms. The molecule has 0 unspecified atom stereocenters. The monoisotopic (exact) mass is 506 g/mol. The van der Waals surface area contributed by atoms with Gasteiger partial charge in [-0.05, 0) is 54.5 Å². The first-order chi connectivity index (χ1) is 19.2. The van der Waals surface area contributed by atoms with Gasteiger partial charge in [-0.2, -0.15) is 0 Å². The van der Waals surface area contributed by atoms with Crippen molar-refractivity contribution in [3.8, 4) is 0 Å². The maximum absolute atomic E-state index is 11.0. The van der Waals surface area contributed by atoms with Crippen molar-refractivity contribution in [3.63, 3.8) is 0 Å². The second-order valence-corrected chi connectivity index (χ2v) is 9.92. The lowest BCUT2D eigenvalue weighted by Gasteiger charge is -2.12. The van der Waals surface area contributed by atoms with E-state index in [1.165, 1.54) is 0 Å². The fourth-order valence-electron chi connectivity index (χ4n) is 5.22. The minimum Gasteiger partial charge on any atom is -0.443 e. The highest BCUT2D eigenvalue weighted by atomic mass is 16.5. The first-order valence-corrected chi connectivity index (χ1v) is 13.2. The Kier molecular flexibility index (Phi) is 7.29. The summed E-state index contributed by atoms with van der Waals surface area (Å²) in [4.78, 5) is 0. The fraction of sp³-hybridized carbons (Fsp3) is 0.0588. The Hall–Kier alpha value is -4.15. The molecule has 0 radical (unpaired) electrons. The predicted octanol–water partition coefficient (Wildman–Crippen LogP) is 3.91. The Labute approximate surface area is 229 Å². The van der Waals surface area contributed by atoms with Crippen LogP contribution < -0.4 is 21.9 Å². The summed E-state index contributed by atoms with van der Waals surface area (Å²) in [6.07, 6.45) is 0. The molecule has 0 saturated heterocycles. The molecule has 188 valence electrons. The van der Waals surface area contributed by atoms with E-state index in [0.717, 1.165) is 54.5 Å². The highest BCUT2D eigenvalue weighted by Crippen LogP contribution is 2.13. The van der Waals surface area contributed by atoms with Gasteiger partial charge in [0.05, 0.1) is 13.2 Å². The lowest BCUT2D eigenvalue weighted by molar-refractivity contribution is 0.107. The van der Waals surface area contributed by atoms with Gasteiger partial charge in [0.15, 0.2) is 0 Å². The summed E-state index contributed by atoms with van der Waals surface area (Å²) in [6, 6.07) is 44.2. The van der Waals surface area contributed by atoms with Crippen molar-refractivity contribution in [2.45, 2.75) is 13.2 Å². The molecule has 0 heterocycles. The third kappa shape index (κ3) is 5.39. The van der Waals surface area contributed by atoms with Gasteiger partial charge < -0.3 is 14.8 Å². The zero-order valence-corrected chi connectivity index (χ0v) is 21.6. The summed E-state index contributed by atoms with van der Waals surface area (Å²) in [5.74, 6) is 0. The highest BCUT2D eigenvalue weighted by Gasteiger charge is 2.20. The van der Waals surface area contributed by atoms with Crippen LogP contribution >= 0.6 is 0 Å². The third-order valence-corrected chi connectivity index (χ3v) is 7.36. The van der Waals surface area contributed by atoms with Gasteiger partial charge in [-0.15, -0.1) is 0 Å². The quantitative estimate of drug-likeness (QED) is 0.308. The number of benzene rings is 6. The van der Waals surface area contributed by atoms with Crippen molar-refractivity contribution in [1.82, 2.24) is 0 Å². The molecule has 0 aliphatic rings. The molecule has 0 bridgehead atoms. The van der Waals surface area contributed by atoms with Crippen LogP contribution in [0.4, 0.5) is 0 Å². The van der Waals surface area contributed by atoms with Crippen LogP contribution in [-0.4, -0.2) is 23.9 Å². The number of hydrogen-bond donors (Lipinski definition) is 2. The van der Waals surface area contributed by atoms with E-state index >= 15 is 0 Å². The zero-order chi connectivity index (χ0) is 26.6. The van der Waals surface area contributed by atoms with Crippen LogP contribution in [0.1, 0.15) is 11.1 Å². The van der Waals surface area contributed by atoms with E-state index in [0.29, 0.717) is 13.2 Å². The van der Waals surface area contributed by atoms with Crippen molar-refractivity contribution in [2.24, 2.45) is 0 Å². The Bertz CT molecular complexity index is 1580. The number of rotatable bonds is 8. The van der Waals surface area contributed by atoms with Crippen molar-refractivity contribution in [3.05, 3.63) is 145 Å². The van der Waals surface area contributed by atoms with Crippen LogP contribution in [0.2, 0.25) is 0 Å². The van der Waals surface area contributed by atoms with Crippen LogP contribution in [0.3, 0.4) is 0 Å². The first-order valence-electron chi connectivity index (χ1n) is 13.2. The molecule has 0 aliphatic carbocycles. The maximum atomic E-state index is 11.0. The van der Waals surface area contributed by atoms with Crippen LogP contribution in [-0.2, 0) is 18.0 Å². The average molecular weight is 506 g/mol. The summed E-state index contributed by atoms with van der Waals surface area (Å²) in [5, 5.41) is 26.5. The molecular formula is C34H28B2O3. The molecule has 6 aromatic carbocycles. The predicted molar refractivity (Wildman–Crippen MR) is 164 cm³/mol. The van der Waals surface area contributed by atoms with Gasteiger partial charge in [-0.3, -0.25) is 0 Å². The average Bonchev–Trinajstić information content (AvgIpc) is 3.00. The van der Waals surface area contributed by atoms with Crippen molar-refractivity contribution in [2.75, 3.05) is 0 Å². The molecule has 0 fully saturated rings. The minimum absolute atomic E-state index is 0.477. The second kappa shape index (κ2) is 11.3. The van der Waals surface area contributed by atoms with Gasteiger partial charge in [0, 0.05) is 0 Å². The molecule has 2 N–H and O–H groups in total. The van der Waals surface area contributed by atoms with Crippen LogP contribution in [0.5, 0.6) is 0 Å². The normalized spacial score (nSPS) is 11.1. The van der Waals surface area contributed by atoms with Crippen molar-refractivity contribution >= 4 is 57.2 Å². The van der Waals surface area contributed by atoms with E-state index in [2.05, 4.69) is 24.3 Å². The van der Waals surface area contributed by atoms with E-state index in [4.69, 9.17) is 4.74 Å². The summed E-state index contributed by atoms with van der Waals surface area (Å²) in [7, 11) is 0. The minimum atomic E-state index is -0.686. The van der Waals surface area contributed by atoms with E-state index in [1.807, 2.05) is 109 Å². The summed E-state index contributed by atoms with van der Waals surface area (Å²) >= 11 is 0. The summed E-state index contributed by atoms with van der Waals surface area (Å²) in [6.45, 7) is -0.418. The number of hydrogen-bond acceptors (Lipinski definition) is 3.